The summed E-state index contributed by atoms with van der Waals surface area (Å²) in [6, 6.07) is 86.3. The highest BCUT2D eigenvalue weighted by molar-refractivity contribution is 6.40. The van der Waals surface area contributed by atoms with E-state index in [2.05, 4.69) is 252 Å². The van der Waals surface area contributed by atoms with E-state index >= 15 is 0 Å². The van der Waals surface area contributed by atoms with Crippen LogP contribution < -0.4 is 9.80 Å². The molecule has 0 saturated carbocycles. The molecule has 0 fully saturated rings. The van der Waals surface area contributed by atoms with Crippen molar-refractivity contribution in [3.63, 3.8) is 0 Å². The average Bonchev–Trinajstić information content (AvgIpc) is 3.42. The summed E-state index contributed by atoms with van der Waals surface area (Å²) in [5.74, 6) is 0. The molecular weight excluding hydrogens is 829 g/mol. The van der Waals surface area contributed by atoms with Crippen LogP contribution in [0.4, 0.5) is 34.1 Å². The average molecular weight is 869 g/mol. The third-order valence-corrected chi connectivity index (χ3v) is 13.7. The molecule has 0 bridgehead atoms. The third-order valence-electron chi connectivity index (χ3n) is 13.7. The van der Waals surface area contributed by atoms with Crippen LogP contribution in [0.25, 0.3) is 98.8 Å². The van der Waals surface area contributed by atoms with Crippen molar-refractivity contribution in [2.45, 2.75) is 0 Å². The van der Waals surface area contributed by atoms with Gasteiger partial charge in [0.15, 0.2) is 11.2 Å². The van der Waals surface area contributed by atoms with E-state index in [0.717, 1.165) is 133 Å². The molecule has 0 spiro atoms. The van der Waals surface area contributed by atoms with Gasteiger partial charge in [-0.3, -0.25) is 0 Å². The molecule has 4 heteroatoms. The normalized spacial score (nSPS) is 11.8. The first-order chi connectivity index (χ1) is 33.8. The molecule has 0 saturated heterocycles. The Balaban J connectivity index is 1.27. The molecule has 0 N–H and O–H groups in total. The molecule has 2 heterocycles. The van der Waals surface area contributed by atoms with Gasteiger partial charge in [0, 0.05) is 66.2 Å². The Labute approximate surface area is 392 Å². The van der Waals surface area contributed by atoms with E-state index in [4.69, 9.17) is 8.83 Å². The Bertz CT molecular complexity index is 3760. The first-order valence-corrected chi connectivity index (χ1v) is 23.2. The molecule has 0 unspecified atom stereocenters. The van der Waals surface area contributed by atoms with Crippen molar-refractivity contribution in [3.8, 4) is 33.4 Å². The molecule has 2 aliphatic rings. The molecular formula is C64H40N2O2. The minimum absolute atomic E-state index is 0.785. The largest absolute Gasteiger partial charge is 0.453 e. The van der Waals surface area contributed by atoms with Gasteiger partial charge in [-0.2, -0.15) is 0 Å². The van der Waals surface area contributed by atoms with Crippen LogP contribution in [0.5, 0.6) is 0 Å². The highest BCUT2D eigenvalue weighted by atomic mass is 16.3. The smallest absolute Gasteiger partial charge is 0.160 e. The Kier molecular flexibility index (Phi) is 8.55. The van der Waals surface area contributed by atoms with Crippen molar-refractivity contribution in [2.24, 2.45) is 0 Å². The maximum atomic E-state index is 7.85. The summed E-state index contributed by atoms with van der Waals surface area (Å²) >= 11 is 0. The predicted octanol–water partition coefficient (Wildman–Crippen LogP) is 18.6. The number of hydrogen-bond donors (Lipinski definition) is 0. The van der Waals surface area contributed by atoms with Crippen LogP contribution >= 0.6 is 0 Å². The van der Waals surface area contributed by atoms with Crippen LogP contribution in [-0.2, 0) is 0 Å². The van der Waals surface area contributed by atoms with Gasteiger partial charge < -0.3 is 18.6 Å². The van der Waals surface area contributed by atoms with Crippen molar-refractivity contribution in [1.29, 1.82) is 0 Å². The van der Waals surface area contributed by atoms with E-state index in [1.54, 1.807) is 0 Å². The fraction of sp³-hybridized carbons (Fsp3) is 0. The lowest BCUT2D eigenvalue weighted by Crippen LogP contribution is -2.12. The monoisotopic (exact) mass is 868 g/mol. The first-order valence-electron chi connectivity index (χ1n) is 23.2. The molecule has 68 heavy (non-hydrogen) atoms. The predicted molar refractivity (Wildman–Crippen MR) is 284 cm³/mol. The lowest BCUT2D eigenvalue weighted by Gasteiger charge is -2.31. The van der Waals surface area contributed by atoms with Crippen LogP contribution in [0.15, 0.2) is 251 Å². The second-order valence-electron chi connectivity index (χ2n) is 17.5. The molecule has 0 amide bonds. The fourth-order valence-electron chi connectivity index (χ4n) is 10.9. The minimum Gasteiger partial charge on any atom is -0.453 e. The van der Waals surface area contributed by atoms with E-state index in [1.807, 2.05) is 0 Å². The minimum atomic E-state index is 0.785. The zero-order valence-corrected chi connectivity index (χ0v) is 36.8. The summed E-state index contributed by atoms with van der Waals surface area (Å²) in [6.45, 7) is 0. The van der Waals surface area contributed by atoms with Gasteiger partial charge in [0.05, 0.1) is 11.4 Å². The summed E-state index contributed by atoms with van der Waals surface area (Å²) in [7, 11) is 0. The Hall–Kier alpha value is -9.12. The quantitative estimate of drug-likeness (QED) is 0.113. The van der Waals surface area contributed by atoms with Gasteiger partial charge in [-0.05, 0) is 93.7 Å². The topological polar surface area (TPSA) is 32.8 Å². The van der Waals surface area contributed by atoms with Crippen LogP contribution in [0.2, 0.25) is 0 Å². The lowest BCUT2D eigenvalue weighted by molar-refractivity contribution is 0.651. The molecule has 0 aliphatic carbocycles. The van der Waals surface area contributed by atoms with Crippen LogP contribution in [0.3, 0.4) is 0 Å². The standard InChI is InChI=1S/C64H40N2O2/c1-7-23-41(24-8-1)51-39-53(65(43-27-11-3-12-28-43)44-29-13-4-14-30-44)63-57-55(51)47-35-19-21-37-49(47)61-59(57)60-58-56(48-36-20-22-38-50(48)62(60)67-63)52(42-25-9-2-10-26-42)40-54(64(58)68-61)66(45-31-15-5-16-32-45)46-33-17-6-18-34-46/h1-40H. The number of benzene rings is 12. The third kappa shape index (κ3) is 5.68. The van der Waals surface area contributed by atoms with Crippen molar-refractivity contribution in [1.82, 2.24) is 0 Å². The molecule has 0 atom stereocenters. The van der Waals surface area contributed by atoms with Crippen LogP contribution in [0, 0.1) is 0 Å². The van der Waals surface area contributed by atoms with Crippen molar-refractivity contribution in [3.05, 3.63) is 243 Å². The zero-order valence-electron chi connectivity index (χ0n) is 36.8. The number of hydrogen-bond acceptors (Lipinski definition) is 4. The highest BCUT2D eigenvalue weighted by Crippen LogP contribution is 2.59. The van der Waals surface area contributed by atoms with Crippen molar-refractivity contribution < 1.29 is 8.83 Å². The van der Waals surface area contributed by atoms with E-state index in [1.165, 1.54) is 0 Å². The molecule has 12 aromatic rings. The summed E-state index contributed by atoms with van der Waals surface area (Å²) in [6.07, 6.45) is 0. The molecule has 318 valence electrons. The number of rotatable bonds is 8. The molecule has 0 aromatic heterocycles. The number of nitrogens with zero attached hydrogens (tertiary/aromatic N) is 2. The van der Waals surface area contributed by atoms with E-state index in [9.17, 15) is 0 Å². The van der Waals surface area contributed by atoms with E-state index in [-0.39, 0.29) is 0 Å². The molecule has 2 aliphatic heterocycles. The Morgan fingerprint density at radius 2 is 0.529 bits per heavy atom. The van der Waals surface area contributed by atoms with E-state index in [0.29, 0.717) is 0 Å². The maximum absolute atomic E-state index is 7.85. The second kappa shape index (κ2) is 15.2. The number of para-hydroxylation sites is 4. The van der Waals surface area contributed by atoms with Gasteiger partial charge >= 0.3 is 0 Å². The number of anilines is 6. The SMILES string of the molecule is c1ccc(-c2cc(N(c3ccccc3)c3ccccc3)c3oc4c5c6c(oc7c-5c3c2c2ccccc72)c(N(c2ccccc2)c2ccccc2)cc(-c2ccccc2)c6c2ccccc42)cc1. The van der Waals surface area contributed by atoms with Gasteiger partial charge in [0.1, 0.15) is 11.2 Å². The molecule has 4 nitrogen and oxygen atoms in total. The maximum Gasteiger partial charge on any atom is 0.160 e. The second-order valence-corrected chi connectivity index (χ2v) is 17.5. The van der Waals surface area contributed by atoms with Crippen LogP contribution in [0.1, 0.15) is 0 Å². The summed E-state index contributed by atoms with van der Waals surface area (Å²) in [5.41, 5.74) is 15.7. The van der Waals surface area contributed by atoms with Crippen molar-refractivity contribution >= 4 is 99.5 Å². The zero-order chi connectivity index (χ0) is 44.7. The summed E-state index contributed by atoms with van der Waals surface area (Å²) in [4.78, 5) is 4.69. The van der Waals surface area contributed by atoms with Gasteiger partial charge in [-0.15, -0.1) is 0 Å². The highest BCUT2D eigenvalue weighted by Gasteiger charge is 2.35. The molecule has 0 radical (unpaired) electrons. The summed E-state index contributed by atoms with van der Waals surface area (Å²) in [5, 5.41) is 8.56. The van der Waals surface area contributed by atoms with Gasteiger partial charge in [0.2, 0.25) is 0 Å². The number of fused-ring (bicyclic) bond motifs is 6. The van der Waals surface area contributed by atoms with Gasteiger partial charge in [-0.1, -0.05) is 182 Å². The fourth-order valence-corrected chi connectivity index (χ4v) is 10.9. The summed E-state index contributed by atoms with van der Waals surface area (Å²) < 4.78 is 15.7. The lowest BCUT2D eigenvalue weighted by atomic mass is 9.81. The molecule has 14 rings (SSSR count). The molecule has 12 aromatic carbocycles. The van der Waals surface area contributed by atoms with Gasteiger partial charge in [-0.25, -0.2) is 0 Å². The first kappa shape index (κ1) is 38.2. The van der Waals surface area contributed by atoms with Crippen LogP contribution in [-0.4, -0.2) is 0 Å². The van der Waals surface area contributed by atoms with Crippen molar-refractivity contribution in [2.75, 3.05) is 9.80 Å². The van der Waals surface area contributed by atoms with E-state index < -0.39 is 0 Å². The Morgan fingerprint density at radius 3 is 0.853 bits per heavy atom. The Morgan fingerprint density at radius 1 is 0.250 bits per heavy atom. The van der Waals surface area contributed by atoms with Gasteiger partial charge in [0.25, 0.3) is 0 Å².